The molecule has 1 N–H and O–H groups in total. The first-order valence-corrected chi connectivity index (χ1v) is 14.8. The van der Waals surface area contributed by atoms with Gasteiger partial charge < -0.3 is 10.1 Å². The summed E-state index contributed by atoms with van der Waals surface area (Å²) in [5.74, 6) is -0.297. The lowest BCUT2D eigenvalue weighted by Gasteiger charge is -2.30. The van der Waals surface area contributed by atoms with E-state index in [0.717, 1.165) is 42.8 Å². The zero-order valence-corrected chi connectivity index (χ0v) is 24.2. The predicted molar refractivity (Wildman–Crippen MR) is 148 cm³/mol. The van der Waals surface area contributed by atoms with Crippen LogP contribution >= 0.6 is 23.7 Å². The van der Waals surface area contributed by atoms with Crippen molar-refractivity contribution in [3.05, 3.63) is 45.8 Å². The van der Waals surface area contributed by atoms with Gasteiger partial charge in [-0.25, -0.2) is 13.2 Å². The molecule has 1 aromatic carbocycles. The molecule has 0 spiro atoms. The van der Waals surface area contributed by atoms with Crippen LogP contribution in [0.3, 0.4) is 0 Å². The van der Waals surface area contributed by atoms with Crippen LogP contribution in [0.15, 0.2) is 29.2 Å². The van der Waals surface area contributed by atoms with Crippen LogP contribution in [0.1, 0.15) is 71.7 Å². The number of carbonyl (C=O) groups is 2. The Bertz CT molecular complexity index is 1220. The highest BCUT2D eigenvalue weighted by molar-refractivity contribution is 7.89. The zero-order valence-electron chi connectivity index (χ0n) is 21.8. The molecule has 0 aliphatic carbocycles. The maximum atomic E-state index is 13.1. The highest BCUT2D eigenvalue weighted by atomic mass is 35.5. The minimum Gasteiger partial charge on any atom is -0.462 e. The normalized spacial score (nSPS) is 17.2. The standard InChI is InChI=1S/C26H35N3O5S2.ClH/c1-5-34-26(31)23-21-12-13-28(17(2)3)16-22(21)35-25(23)27-24(30)19-6-8-20(9-7-19)36(32,33)29-14-10-18(4)11-15-29;/h6-9,17-18H,5,10-16H2,1-4H3,(H,27,30);1H. The third-order valence-electron chi connectivity index (χ3n) is 7.02. The minimum atomic E-state index is -3.59. The van der Waals surface area contributed by atoms with Crippen molar-refractivity contribution in [3.63, 3.8) is 0 Å². The first kappa shape index (κ1) is 29.6. The Morgan fingerprint density at radius 2 is 1.78 bits per heavy atom. The molecule has 3 heterocycles. The summed E-state index contributed by atoms with van der Waals surface area (Å²) in [5, 5.41) is 3.37. The number of anilines is 1. The number of hydrogen-bond donors (Lipinski definition) is 1. The van der Waals surface area contributed by atoms with Crippen molar-refractivity contribution in [2.24, 2.45) is 5.92 Å². The number of esters is 1. The van der Waals surface area contributed by atoms with E-state index in [2.05, 4.69) is 31.0 Å². The number of nitrogens with one attached hydrogen (secondary N) is 1. The van der Waals surface area contributed by atoms with Gasteiger partial charge in [-0.15, -0.1) is 23.7 Å². The highest BCUT2D eigenvalue weighted by Gasteiger charge is 2.31. The van der Waals surface area contributed by atoms with Crippen LogP contribution in [-0.4, -0.2) is 61.8 Å². The first-order valence-electron chi connectivity index (χ1n) is 12.6. The molecule has 1 saturated heterocycles. The molecule has 1 amide bonds. The van der Waals surface area contributed by atoms with Gasteiger partial charge in [0.05, 0.1) is 17.1 Å². The van der Waals surface area contributed by atoms with E-state index >= 15 is 0 Å². The number of halogens is 1. The van der Waals surface area contributed by atoms with Gasteiger partial charge in [0.2, 0.25) is 10.0 Å². The lowest BCUT2D eigenvalue weighted by molar-refractivity contribution is 0.0526. The van der Waals surface area contributed by atoms with Crippen molar-refractivity contribution in [1.29, 1.82) is 0 Å². The van der Waals surface area contributed by atoms with E-state index < -0.39 is 21.9 Å². The summed E-state index contributed by atoms with van der Waals surface area (Å²) >= 11 is 1.41. The number of amides is 1. The Kier molecular flexibility index (Phi) is 9.79. The van der Waals surface area contributed by atoms with Crippen molar-refractivity contribution >= 4 is 50.6 Å². The Balaban J connectivity index is 0.00000380. The molecule has 0 atom stereocenters. The van der Waals surface area contributed by atoms with Crippen molar-refractivity contribution in [2.45, 2.75) is 64.4 Å². The van der Waals surface area contributed by atoms with Gasteiger partial charge in [-0.05, 0) is 75.8 Å². The predicted octanol–water partition coefficient (Wildman–Crippen LogP) is 4.79. The quantitative estimate of drug-likeness (QED) is 0.482. The molecule has 2 aromatic rings. The maximum Gasteiger partial charge on any atom is 0.341 e. The molecular formula is C26H36ClN3O5S2. The number of sulfonamides is 1. The monoisotopic (exact) mass is 569 g/mol. The van der Waals surface area contributed by atoms with Crippen molar-refractivity contribution in [2.75, 3.05) is 31.6 Å². The van der Waals surface area contributed by atoms with Crippen molar-refractivity contribution in [3.8, 4) is 0 Å². The number of piperidine rings is 1. The second kappa shape index (κ2) is 12.3. The van der Waals surface area contributed by atoms with Gasteiger partial charge in [0.15, 0.2) is 0 Å². The van der Waals surface area contributed by atoms with Gasteiger partial charge in [0.25, 0.3) is 5.91 Å². The maximum absolute atomic E-state index is 13.1. The van der Waals surface area contributed by atoms with Crippen LogP contribution in [0.25, 0.3) is 0 Å². The molecular weight excluding hydrogens is 534 g/mol. The van der Waals surface area contributed by atoms with Crippen molar-refractivity contribution < 1.29 is 22.7 Å². The number of nitrogens with zero attached hydrogens (tertiary/aromatic N) is 2. The van der Waals surface area contributed by atoms with Gasteiger partial charge >= 0.3 is 5.97 Å². The summed E-state index contributed by atoms with van der Waals surface area (Å²) in [6, 6.07) is 6.38. The summed E-state index contributed by atoms with van der Waals surface area (Å²) in [5.41, 5.74) is 1.71. The Labute approximate surface area is 229 Å². The Hall–Kier alpha value is -1.98. The van der Waals surface area contributed by atoms with Crippen molar-refractivity contribution in [1.82, 2.24) is 9.21 Å². The topological polar surface area (TPSA) is 96.0 Å². The Morgan fingerprint density at radius 1 is 1.14 bits per heavy atom. The summed E-state index contributed by atoms with van der Waals surface area (Å²) < 4.78 is 32.8. The third kappa shape index (κ3) is 6.37. The molecule has 0 bridgehead atoms. The molecule has 2 aliphatic heterocycles. The lowest BCUT2D eigenvalue weighted by Crippen LogP contribution is -2.37. The molecule has 204 valence electrons. The second-order valence-electron chi connectivity index (χ2n) is 9.81. The molecule has 11 heteroatoms. The molecule has 0 radical (unpaired) electrons. The van der Waals surface area contributed by atoms with Gasteiger partial charge in [-0.3, -0.25) is 9.69 Å². The van der Waals surface area contributed by atoms with Crippen LogP contribution in [0.2, 0.25) is 0 Å². The summed E-state index contributed by atoms with van der Waals surface area (Å²) in [4.78, 5) is 29.5. The van der Waals surface area contributed by atoms with E-state index in [1.54, 1.807) is 6.92 Å². The van der Waals surface area contributed by atoms with E-state index in [0.29, 0.717) is 41.2 Å². The average Bonchev–Trinajstić information content (AvgIpc) is 3.21. The SMILES string of the molecule is CCOC(=O)c1c(NC(=O)c2ccc(S(=O)(=O)N3CCC(C)CC3)cc2)sc2c1CCN(C(C)C)C2.Cl. The van der Waals surface area contributed by atoms with Crippen LogP contribution in [0, 0.1) is 5.92 Å². The molecule has 0 saturated carbocycles. The van der Waals surface area contributed by atoms with E-state index in [4.69, 9.17) is 4.74 Å². The van der Waals surface area contributed by atoms with E-state index in [9.17, 15) is 18.0 Å². The fourth-order valence-corrected chi connectivity index (χ4v) is 7.43. The largest absolute Gasteiger partial charge is 0.462 e. The minimum absolute atomic E-state index is 0. The van der Waals surface area contributed by atoms with E-state index in [1.165, 1.54) is 39.9 Å². The second-order valence-corrected chi connectivity index (χ2v) is 12.9. The summed E-state index contributed by atoms with van der Waals surface area (Å²) in [7, 11) is -3.59. The molecule has 4 rings (SSSR count). The molecule has 37 heavy (non-hydrogen) atoms. The summed E-state index contributed by atoms with van der Waals surface area (Å²) in [6.07, 6.45) is 2.42. The molecule has 2 aliphatic rings. The number of benzene rings is 1. The number of fused-ring (bicyclic) bond motifs is 1. The fraction of sp³-hybridized carbons (Fsp3) is 0.538. The van der Waals surface area contributed by atoms with Gasteiger partial charge in [0.1, 0.15) is 5.00 Å². The zero-order chi connectivity index (χ0) is 26.0. The first-order chi connectivity index (χ1) is 17.1. The van der Waals surface area contributed by atoms with E-state index in [1.807, 2.05) is 0 Å². The smallest absolute Gasteiger partial charge is 0.341 e. The molecule has 0 unspecified atom stereocenters. The van der Waals surface area contributed by atoms with Crippen LogP contribution in [0.5, 0.6) is 0 Å². The molecule has 1 fully saturated rings. The van der Waals surface area contributed by atoms with Gasteiger partial charge in [0, 0.05) is 42.7 Å². The number of carbonyl (C=O) groups excluding carboxylic acids is 2. The fourth-order valence-electron chi connectivity index (χ4n) is 4.70. The van der Waals surface area contributed by atoms with Crippen LogP contribution < -0.4 is 5.32 Å². The van der Waals surface area contributed by atoms with Gasteiger partial charge in [-0.2, -0.15) is 4.31 Å². The molecule has 8 nitrogen and oxygen atoms in total. The van der Waals surface area contributed by atoms with Gasteiger partial charge in [-0.1, -0.05) is 6.92 Å². The number of hydrogen-bond acceptors (Lipinski definition) is 7. The van der Waals surface area contributed by atoms with Crippen LogP contribution in [-0.2, 0) is 27.7 Å². The van der Waals surface area contributed by atoms with Crippen LogP contribution in [0.4, 0.5) is 5.00 Å². The average molecular weight is 570 g/mol. The number of thiophene rings is 1. The third-order valence-corrected chi connectivity index (χ3v) is 10.1. The summed E-state index contributed by atoms with van der Waals surface area (Å²) in [6.45, 7) is 11.0. The molecule has 1 aromatic heterocycles. The number of ether oxygens (including phenoxy) is 1. The van der Waals surface area contributed by atoms with E-state index in [-0.39, 0.29) is 23.9 Å². The number of rotatable bonds is 7. The highest BCUT2D eigenvalue weighted by Crippen LogP contribution is 2.38. The Morgan fingerprint density at radius 3 is 2.38 bits per heavy atom. The lowest BCUT2D eigenvalue weighted by atomic mass is 10.0.